The third-order valence-corrected chi connectivity index (χ3v) is 5.64. The maximum absolute atomic E-state index is 13.1. The minimum Gasteiger partial charge on any atom is -0.356 e. The van der Waals surface area contributed by atoms with Gasteiger partial charge in [-0.1, -0.05) is 48.1 Å². The molecule has 1 aromatic heterocycles. The fourth-order valence-electron chi connectivity index (χ4n) is 2.99. The van der Waals surface area contributed by atoms with Gasteiger partial charge in [-0.3, -0.25) is 0 Å². The minimum atomic E-state index is -4.54. The second-order valence-corrected chi connectivity index (χ2v) is 7.60. The zero-order valence-corrected chi connectivity index (χ0v) is 17.4. The van der Waals surface area contributed by atoms with Crippen molar-refractivity contribution in [2.45, 2.75) is 25.6 Å². The number of alkyl halides is 3. The minimum absolute atomic E-state index is 0.0228. The predicted octanol–water partition coefficient (Wildman–Crippen LogP) is 5.57. The standard InChI is InChI=1S/C18H17Cl2F3N4OS/c19-12-4-3-5-13(15(12)20)27(29)17(28)24-10-11-6-7-14(18(21,22)23)25-16(11)26-8-1-2-9-26/h3-7,29H,1-2,8-10H2,(H,24,28). The number of aromatic nitrogens is 1. The first kappa shape index (κ1) is 21.9. The van der Waals surface area contributed by atoms with Crippen molar-refractivity contribution in [3.8, 4) is 0 Å². The molecule has 0 aliphatic carbocycles. The van der Waals surface area contributed by atoms with E-state index in [9.17, 15) is 18.0 Å². The van der Waals surface area contributed by atoms with Gasteiger partial charge in [-0.25, -0.2) is 14.1 Å². The Balaban J connectivity index is 1.78. The normalized spacial score (nSPS) is 14.2. The summed E-state index contributed by atoms with van der Waals surface area (Å²) >= 11 is 16.2. The molecule has 0 radical (unpaired) electrons. The van der Waals surface area contributed by atoms with Gasteiger partial charge in [0.1, 0.15) is 11.5 Å². The summed E-state index contributed by atoms with van der Waals surface area (Å²) in [5.74, 6) is 0.226. The first-order chi connectivity index (χ1) is 13.7. The van der Waals surface area contributed by atoms with Crippen molar-refractivity contribution in [1.82, 2.24) is 10.3 Å². The Morgan fingerprint density at radius 2 is 1.90 bits per heavy atom. The number of benzene rings is 1. The topological polar surface area (TPSA) is 48.5 Å². The van der Waals surface area contributed by atoms with Crippen molar-refractivity contribution < 1.29 is 18.0 Å². The molecule has 0 saturated carbocycles. The molecule has 3 rings (SSSR count). The second kappa shape index (κ2) is 8.89. The van der Waals surface area contributed by atoms with Gasteiger partial charge >= 0.3 is 12.2 Å². The van der Waals surface area contributed by atoms with Gasteiger partial charge in [-0.15, -0.1) is 0 Å². The molecule has 5 nitrogen and oxygen atoms in total. The van der Waals surface area contributed by atoms with Crippen molar-refractivity contribution >= 4 is 53.6 Å². The molecule has 0 spiro atoms. The molecule has 1 saturated heterocycles. The first-order valence-corrected chi connectivity index (χ1v) is 9.87. The summed E-state index contributed by atoms with van der Waals surface area (Å²) in [5.41, 5.74) is -0.200. The Bertz CT molecular complexity index is 907. The summed E-state index contributed by atoms with van der Waals surface area (Å²) in [4.78, 5) is 18.1. The number of anilines is 2. The molecule has 1 N–H and O–H groups in total. The molecule has 1 aromatic carbocycles. The molecule has 29 heavy (non-hydrogen) atoms. The van der Waals surface area contributed by atoms with Gasteiger partial charge in [0.25, 0.3) is 0 Å². The maximum Gasteiger partial charge on any atom is 0.433 e. The summed E-state index contributed by atoms with van der Waals surface area (Å²) in [6.07, 6.45) is -2.79. The monoisotopic (exact) mass is 464 g/mol. The number of nitrogens with zero attached hydrogens (tertiary/aromatic N) is 3. The van der Waals surface area contributed by atoms with E-state index >= 15 is 0 Å². The highest BCUT2D eigenvalue weighted by molar-refractivity contribution is 7.82. The van der Waals surface area contributed by atoms with Crippen LogP contribution in [0, 0.1) is 0 Å². The summed E-state index contributed by atoms with van der Waals surface area (Å²) in [7, 11) is 0. The number of rotatable bonds is 4. The lowest BCUT2D eigenvalue weighted by Crippen LogP contribution is -2.34. The summed E-state index contributed by atoms with van der Waals surface area (Å²) in [5, 5.41) is 3.05. The zero-order chi connectivity index (χ0) is 21.2. The van der Waals surface area contributed by atoms with Crippen LogP contribution in [-0.4, -0.2) is 24.1 Å². The first-order valence-electron chi connectivity index (χ1n) is 8.71. The zero-order valence-electron chi connectivity index (χ0n) is 15.0. The van der Waals surface area contributed by atoms with Gasteiger partial charge in [0.15, 0.2) is 0 Å². The van der Waals surface area contributed by atoms with E-state index in [0.717, 1.165) is 23.2 Å². The number of halogens is 5. The Morgan fingerprint density at radius 1 is 1.21 bits per heavy atom. The second-order valence-electron chi connectivity index (χ2n) is 6.41. The van der Waals surface area contributed by atoms with Gasteiger partial charge < -0.3 is 10.2 Å². The van der Waals surface area contributed by atoms with Crippen molar-refractivity contribution in [2.24, 2.45) is 0 Å². The molecule has 11 heteroatoms. The molecule has 0 unspecified atom stereocenters. The molecule has 0 atom stereocenters. The molecule has 2 aromatic rings. The van der Waals surface area contributed by atoms with Crippen LogP contribution in [0.25, 0.3) is 0 Å². The van der Waals surface area contributed by atoms with E-state index in [-0.39, 0.29) is 28.1 Å². The summed E-state index contributed by atoms with van der Waals surface area (Å²) in [6.45, 7) is 1.21. The number of pyridine rings is 1. The van der Waals surface area contributed by atoms with Crippen molar-refractivity contribution in [2.75, 3.05) is 22.3 Å². The van der Waals surface area contributed by atoms with Crippen LogP contribution in [0.5, 0.6) is 0 Å². The average Bonchev–Trinajstić information content (AvgIpc) is 3.21. The van der Waals surface area contributed by atoms with Crippen LogP contribution >= 0.6 is 36.0 Å². The van der Waals surface area contributed by atoms with Crippen molar-refractivity contribution in [3.05, 3.63) is 51.6 Å². The van der Waals surface area contributed by atoms with E-state index < -0.39 is 17.9 Å². The van der Waals surface area contributed by atoms with Crippen LogP contribution < -0.4 is 14.5 Å². The van der Waals surface area contributed by atoms with Crippen LogP contribution in [0.15, 0.2) is 30.3 Å². The predicted molar refractivity (Wildman–Crippen MR) is 111 cm³/mol. The third kappa shape index (κ3) is 5.02. The Labute approximate surface area is 181 Å². The highest BCUT2D eigenvalue weighted by atomic mass is 35.5. The molecular weight excluding hydrogens is 448 g/mol. The van der Waals surface area contributed by atoms with E-state index in [4.69, 9.17) is 23.2 Å². The number of carbonyl (C=O) groups excluding carboxylic acids is 1. The van der Waals surface area contributed by atoms with Crippen LogP contribution in [-0.2, 0) is 12.7 Å². The van der Waals surface area contributed by atoms with E-state index in [1.165, 1.54) is 6.07 Å². The molecule has 0 bridgehead atoms. The van der Waals surface area contributed by atoms with Crippen LogP contribution in [0.1, 0.15) is 24.1 Å². The molecule has 1 fully saturated rings. The number of carbonyl (C=O) groups is 1. The van der Waals surface area contributed by atoms with E-state index in [0.29, 0.717) is 18.7 Å². The van der Waals surface area contributed by atoms with E-state index in [2.05, 4.69) is 23.1 Å². The Kier molecular flexibility index (Phi) is 6.70. The van der Waals surface area contributed by atoms with Crippen LogP contribution in [0.2, 0.25) is 10.0 Å². The summed E-state index contributed by atoms with van der Waals surface area (Å²) < 4.78 is 40.2. The summed E-state index contributed by atoms with van der Waals surface area (Å²) in [6, 6.07) is 6.39. The van der Waals surface area contributed by atoms with Gasteiger partial charge in [0.2, 0.25) is 0 Å². The van der Waals surface area contributed by atoms with Crippen molar-refractivity contribution in [3.63, 3.8) is 0 Å². The number of hydrogen-bond donors (Lipinski definition) is 2. The van der Waals surface area contributed by atoms with Gasteiger partial charge in [0, 0.05) is 25.2 Å². The lowest BCUT2D eigenvalue weighted by Gasteiger charge is -2.23. The molecule has 2 amide bonds. The quantitative estimate of drug-likeness (QED) is 0.581. The van der Waals surface area contributed by atoms with E-state index in [1.54, 1.807) is 23.1 Å². The van der Waals surface area contributed by atoms with Gasteiger partial charge in [0.05, 0.1) is 15.7 Å². The SMILES string of the molecule is O=C(NCc1ccc(C(F)(F)F)nc1N1CCCC1)N(S)c1cccc(Cl)c1Cl. The molecule has 156 valence electrons. The fraction of sp³-hybridized carbons (Fsp3) is 0.333. The number of urea groups is 1. The third-order valence-electron chi connectivity index (χ3n) is 4.43. The highest BCUT2D eigenvalue weighted by Crippen LogP contribution is 2.34. The lowest BCUT2D eigenvalue weighted by atomic mass is 10.2. The average molecular weight is 465 g/mol. The largest absolute Gasteiger partial charge is 0.433 e. The van der Waals surface area contributed by atoms with Gasteiger partial charge in [-0.2, -0.15) is 13.2 Å². The maximum atomic E-state index is 13.1. The van der Waals surface area contributed by atoms with Gasteiger partial charge in [-0.05, 0) is 31.0 Å². The number of hydrogen-bond acceptors (Lipinski definition) is 4. The molecule has 2 heterocycles. The smallest absolute Gasteiger partial charge is 0.356 e. The fourth-order valence-corrected chi connectivity index (χ4v) is 3.66. The number of thiol groups is 1. The Hall–Kier alpha value is -1.84. The molecule has 1 aliphatic rings. The highest BCUT2D eigenvalue weighted by Gasteiger charge is 2.34. The van der Waals surface area contributed by atoms with Crippen molar-refractivity contribution in [1.29, 1.82) is 0 Å². The molecular formula is C18H17Cl2F3N4OS. The number of amides is 2. The molecule has 1 aliphatic heterocycles. The number of nitrogens with one attached hydrogen (secondary N) is 1. The van der Waals surface area contributed by atoms with E-state index in [1.807, 2.05) is 0 Å². The van der Waals surface area contributed by atoms with Crippen LogP contribution in [0.4, 0.5) is 29.5 Å². The lowest BCUT2D eigenvalue weighted by molar-refractivity contribution is -0.141. The van der Waals surface area contributed by atoms with Crippen LogP contribution in [0.3, 0.4) is 0 Å². The Morgan fingerprint density at radius 3 is 2.55 bits per heavy atom.